The monoisotopic (exact) mass is 466 g/mol. The molecule has 1 aliphatic rings. The van der Waals surface area contributed by atoms with Gasteiger partial charge >= 0.3 is 0 Å². The maximum Gasteiger partial charge on any atom is 0.277 e. The number of hydrazone groups is 1. The van der Waals surface area contributed by atoms with Crippen LogP contribution in [0.4, 0.5) is 0 Å². The quantitative estimate of drug-likeness (QED) is 0.344. The van der Waals surface area contributed by atoms with Crippen molar-refractivity contribution in [2.45, 2.75) is 24.6 Å². The molecule has 0 unspecified atom stereocenters. The van der Waals surface area contributed by atoms with Crippen molar-refractivity contribution in [3.63, 3.8) is 0 Å². The molecule has 5 rings (SSSR count). The molecule has 31 heavy (non-hydrogen) atoms. The van der Waals surface area contributed by atoms with E-state index in [2.05, 4.69) is 21.4 Å². The van der Waals surface area contributed by atoms with Gasteiger partial charge in [-0.25, -0.2) is 5.01 Å². The van der Waals surface area contributed by atoms with Crippen LogP contribution in [0.5, 0.6) is 0 Å². The third-order valence-electron chi connectivity index (χ3n) is 4.94. The molecule has 1 amide bonds. The number of aryl methyl sites for hydroxylation is 1. The Morgan fingerprint density at radius 1 is 1.13 bits per heavy atom. The highest BCUT2D eigenvalue weighted by Crippen LogP contribution is 2.36. The molecule has 0 N–H and O–H groups in total. The van der Waals surface area contributed by atoms with Crippen LogP contribution in [0, 0.1) is 6.92 Å². The summed E-state index contributed by atoms with van der Waals surface area (Å²) in [5, 5.41) is 19.0. The van der Waals surface area contributed by atoms with Gasteiger partial charge in [0, 0.05) is 16.9 Å². The molecule has 6 nitrogen and oxygen atoms in total. The molecule has 0 radical (unpaired) electrons. The van der Waals surface area contributed by atoms with E-state index < -0.39 is 0 Å². The van der Waals surface area contributed by atoms with E-state index in [1.807, 2.05) is 60.1 Å². The zero-order valence-corrected chi connectivity index (χ0v) is 19.0. The fourth-order valence-electron chi connectivity index (χ4n) is 3.41. The first kappa shape index (κ1) is 20.2. The van der Waals surface area contributed by atoms with E-state index in [0.29, 0.717) is 11.1 Å². The number of nitrogens with zero attached hydrogens (tertiary/aromatic N) is 4. The van der Waals surface area contributed by atoms with Crippen molar-refractivity contribution in [2.24, 2.45) is 5.10 Å². The third kappa shape index (κ3) is 4.21. The fourth-order valence-corrected chi connectivity index (χ4v) is 5.56. The van der Waals surface area contributed by atoms with Crippen LogP contribution in [0.1, 0.15) is 27.8 Å². The Morgan fingerprint density at radius 3 is 2.74 bits per heavy atom. The molecule has 0 spiro atoms. The van der Waals surface area contributed by atoms with Crippen LogP contribution in [0.3, 0.4) is 0 Å². The van der Waals surface area contributed by atoms with Gasteiger partial charge in [0.1, 0.15) is 0 Å². The number of rotatable bonds is 6. The SMILES string of the molecule is Cc1ccccc1-c1nnc(SCC(=O)N2N=C(c3cccs3)C[C@H]2c2cccs2)o1. The van der Waals surface area contributed by atoms with E-state index in [-0.39, 0.29) is 17.7 Å². The molecule has 0 saturated carbocycles. The zero-order valence-electron chi connectivity index (χ0n) is 16.6. The summed E-state index contributed by atoms with van der Waals surface area (Å²) in [6, 6.07) is 15.9. The highest BCUT2D eigenvalue weighted by atomic mass is 32.2. The van der Waals surface area contributed by atoms with Crippen LogP contribution < -0.4 is 0 Å². The highest BCUT2D eigenvalue weighted by Gasteiger charge is 2.34. The summed E-state index contributed by atoms with van der Waals surface area (Å²) in [5.74, 6) is 0.563. The number of hydrogen-bond acceptors (Lipinski definition) is 8. The van der Waals surface area contributed by atoms with Gasteiger partial charge in [0.05, 0.1) is 22.4 Å². The number of carbonyl (C=O) groups excluding carboxylic acids is 1. The summed E-state index contributed by atoms with van der Waals surface area (Å²) in [6.45, 7) is 2.00. The first-order chi connectivity index (χ1) is 15.2. The topological polar surface area (TPSA) is 71.6 Å². The van der Waals surface area contributed by atoms with Gasteiger partial charge in [-0.2, -0.15) is 5.10 Å². The molecule has 156 valence electrons. The van der Waals surface area contributed by atoms with Gasteiger partial charge in [-0.05, 0) is 41.4 Å². The van der Waals surface area contributed by atoms with Gasteiger partial charge in [0.15, 0.2) is 0 Å². The van der Waals surface area contributed by atoms with Crippen LogP contribution in [0.15, 0.2) is 74.0 Å². The Kier molecular flexibility index (Phi) is 5.71. The lowest BCUT2D eigenvalue weighted by atomic mass is 10.1. The largest absolute Gasteiger partial charge is 0.411 e. The molecule has 1 aromatic carbocycles. The number of thioether (sulfide) groups is 1. The van der Waals surface area contributed by atoms with Crippen molar-refractivity contribution in [2.75, 3.05) is 5.75 Å². The van der Waals surface area contributed by atoms with E-state index in [1.54, 1.807) is 27.7 Å². The standard InChI is InChI=1S/C22H18N4O2S3/c1-14-6-2-3-7-15(14)21-23-24-22(28-21)31-13-20(27)26-17(19-9-5-11-30-19)12-16(25-26)18-8-4-10-29-18/h2-11,17H,12-13H2,1H3/t17-/m0/s1. The molecule has 0 fully saturated rings. The summed E-state index contributed by atoms with van der Waals surface area (Å²) in [4.78, 5) is 15.3. The Hall–Kier alpha value is -2.75. The molecular weight excluding hydrogens is 448 g/mol. The normalized spacial score (nSPS) is 16.0. The Bertz CT molecular complexity index is 1220. The van der Waals surface area contributed by atoms with Gasteiger partial charge in [0.2, 0.25) is 5.89 Å². The number of amides is 1. The second kappa shape index (κ2) is 8.78. The minimum absolute atomic E-state index is 0.0737. The zero-order chi connectivity index (χ0) is 21.2. The smallest absolute Gasteiger partial charge is 0.277 e. The van der Waals surface area contributed by atoms with Crippen molar-refractivity contribution in [1.29, 1.82) is 0 Å². The minimum Gasteiger partial charge on any atom is -0.411 e. The second-order valence-electron chi connectivity index (χ2n) is 6.97. The first-order valence-corrected chi connectivity index (χ1v) is 12.4. The van der Waals surface area contributed by atoms with Gasteiger partial charge in [0.25, 0.3) is 11.1 Å². The number of thiophene rings is 2. The Labute approximate surface area is 191 Å². The summed E-state index contributed by atoms with van der Waals surface area (Å²) in [5.41, 5.74) is 2.91. The van der Waals surface area contributed by atoms with Crippen molar-refractivity contribution in [3.8, 4) is 11.5 Å². The Balaban J connectivity index is 1.31. The second-order valence-corrected chi connectivity index (χ2v) is 9.83. The number of aromatic nitrogens is 2. The van der Waals surface area contributed by atoms with Gasteiger partial charge in [-0.1, -0.05) is 42.1 Å². The van der Waals surface area contributed by atoms with Crippen molar-refractivity contribution in [1.82, 2.24) is 15.2 Å². The van der Waals surface area contributed by atoms with Gasteiger partial charge < -0.3 is 4.42 Å². The lowest BCUT2D eigenvalue weighted by Crippen LogP contribution is -2.28. The average Bonchev–Trinajstić information content (AvgIpc) is 3.57. The lowest BCUT2D eigenvalue weighted by Gasteiger charge is -2.20. The number of hydrogen-bond donors (Lipinski definition) is 0. The van der Waals surface area contributed by atoms with Crippen LogP contribution in [-0.4, -0.2) is 32.6 Å². The molecule has 4 heterocycles. The molecule has 0 bridgehead atoms. The predicted octanol–water partition coefficient (Wildman–Crippen LogP) is 5.64. The van der Waals surface area contributed by atoms with Crippen LogP contribution in [0.25, 0.3) is 11.5 Å². The molecule has 1 aliphatic heterocycles. The molecule has 0 aliphatic carbocycles. The number of carbonyl (C=O) groups is 1. The van der Waals surface area contributed by atoms with Crippen molar-refractivity contribution in [3.05, 3.63) is 74.6 Å². The summed E-state index contributed by atoms with van der Waals surface area (Å²) >= 11 is 4.53. The molecule has 0 saturated heterocycles. The van der Waals surface area contributed by atoms with E-state index >= 15 is 0 Å². The minimum atomic E-state index is -0.0782. The van der Waals surface area contributed by atoms with E-state index in [4.69, 9.17) is 4.42 Å². The Morgan fingerprint density at radius 2 is 1.97 bits per heavy atom. The molecule has 9 heteroatoms. The van der Waals surface area contributed by atoms with E-state index in [9.17, 15) is 4.79 Å². The molecule has 4 aromatic rings. The average molecular weight is 467 g/mol. The summed E-state index contributed by atoms with van der Waals surface area (Å²) in [6.07, 6.45) is 0.718. The summed E-state index contributed by atoms with van der Waals surface area (Å²) < 4.78 is 5.78. The van der Waals surface area contributed by atoms with Gasteiger partial charge in [-0.3, -0.25) is 4.79 Å². The predicted molar refractivity (Wildman–Crippen MR) is 125 cm³/mol. The lowest BCUT2D eigenvalue weighted by molar-refractivity contribution is -0.130. The fraction of sp³-hybridized carbons (Fsp3) is 0.182. The maximum atomic E-state index is 13.1. The van der Waals surface area contributed by atoms with Gasteiger partial charge in [-0.15, -0.1) is 32.9 Å². The van der Waals surface area contributed by atoms with E-state index in [0.717, 1.165) is 33.0 Å². The van der Waals surface area contributed by atoms with Crippen LogP contribution in [0.2, 0.25) is 0 Å². The van der Waals surface area contributed by atoms with Crippen molar-refractivity contribution >= 4 is 46.1 Å². The third-order valence-corrected chi connectivity index (χ3v) is 7.64. The van der Waals surface area contributed by atoms with E-state index in [1.165, 1.54) is 11.8 Å². The molecule has 1 atom stereocenters. The molecular formula is C22H18N4O2S3. The van der Waals surface area contributed by atoms with Crippen LogP contribution in [-0.2, 0) is 4.79 Å². The highest BCUT2D eigenvalue weighted by molar-refractivity contribution is 7.99. The van der Waals surface area contributed by atoms with Crippen molar-refractivity contribution < 1.29 is 9.21 Å². The first-order valence-electron chi connectivity index (χ1n) is 9.68. The number of benzene rings is 1. The summed E-state index contributed by atoms with van der Waals surface area (Å²) in [7, 11) is 0. The maximum absolute atomic E-state index is 13.1. The molecule has 3 aromatic heterocycles. The van der Waals surface area contributed by atoms with Crippen LogP contribution >= 0.6 is 34.4 Å².